The first-order valence-corrected chi connectivity index (χ1v) is 6.03. The van der Waals surface area contributed by atoms with Crippen LogP contribution in [-0.4, -0.2) is 23.4 Å². The molecule has 1 aliphatic rings. The monoisotopic (exact) mass is 231 g/mol. The fourth-order valence-electron chi connectivity index (χ4n) is 2.01. The van der Waals surface area contributed by atoms with Gasteiger partial charge >= 0.3 is 0 Å². The zero-order chi connectivity index (χ0) is 12.6. The molecule has 1 heterocycles. The molecule has 92 valence electrons. The Morgan fingerprint density at radius 3 is 2.65 bits per heavy atom. The van der Waals surface area contributed by atoms with Crippen molar-refractivity contribution in [3.8, 4) is 0 Å². The number of hydrogen-bond donors (Lipinski definition) is 1. The number of benzene rings is 1. The van der Waals surface area contributed by atoms with Crippen molar-refractivity contribution >= 4 is 11.6 Å². The number of rotatable bonds is 0. The molecule has 1 aromatic rings. The molecule has 0 spiro atoms. The summed E-state index contributed by atoms with van der Waals surface area (Å²) in [5.41, 5.74) is 3.77. The minimum Gasteiger partial charge on any atom is -0.341 e. The van der Waals surface area contributed by atoms with Crippen LogP contribution in [0, 0.1) is 6.92 Å². The van der Waals surface area contributed by atoms with E-state index in [4.69, 9.17) is 4.99 Å². The smallest absolute Gasteiger partial charge is 0.199 e. The molecule has 1 aliphatic heterocycles. The standard InChI is InChI=1S/C14H21N3/c1-10-7-6-8-11-9-17(5)13(15-12(10)11)16-14(2,3)4/h6-8H,9H2,1-5H3,(H,15,16). The fourth-order valence-corrected chi connectivity index (χ4v) is 2.01. The number of fused-ring (bicyclic) bond motifs is 1. The molecule has 0 unspecified atom stereocenters. The van der Waals surface area contributed by atoms with Gasteiger partial charge in [0.1, 0.15) is 0 Å². The van der Waals surface area contributed by atoms with Crippen LogP contribution in [0.4, 0.5) is 5.69 Å². The van der Waals surface area contributed by atoms with Gasteiger partial charge in [0.25, 0.3) is 0 Å². The Morgan fingerprint density at radius 1 is 1.29 bits per heavy atom. The maximum atomic E-state index is 4.72. The molecule has 0 bridgehead atoms. The maximum absolute atomic E-state index is 4.72. The molecule has 0 radical (unpaired) electrons. The third-order valence-corrected chi connectivity index (χ3v) is 2.81. The minimum absolute atomic E-state index is 0.0587. The molecular weight excluding hydrogens is 210 g/mol. The summed E-state index contributed by atoms with van der Waals surface area (Å²) < 4.78 is 0. The SMILES string of the molecule is Cc1cccc2c1NC(=NC(C)(C)C)N(C)C2. The van der Waals surface area contributed by atoms with Crippen molar-refractivity contribution in [2.45, 2.75) is 39.8 Å². The number of nitrogens with zero attached hydrogens (tertiary/aromatic N) is 2. The molecule has 17 heavy (non-hydrogen) atoms. The lowest BCUT2D eigenvalue weighted by Gasteiger charge is -2.32. The summed E-state index contributed by atoms with van der Waals surface area (Å²) in [4.78, 5) is 6.88. The zero-order valence-corrected chi connectivity index (χ0v) is 11.3. The Balaban J connectivity index is 2.39. The van der Waals surface area contributed by atoms with E-state index in [1.807, 2.05) is 0 Å². The Bertz CT molecular complexity index is 455. The third kappa shape index (κ3) is 2.60. The Hall–Kier alpha value is -1.51. The summed E-state index contributed by atoms with van der Waals surface area (Å²) >= 11 is 0. The number of aliphatic imine (C=N–C) groups is 1. The lowest BCUT2D eigenvalue weighted by atomic mass is 10.1. The van der Waals surface area contributed by atoms with Gasteiger partial charge in [-0.1, -0.05) is 18.2 Å². The van der Waals surface area contributed by atoms with Gasteiger partial charge in [-0.15, -0.1) is 0 Å². The lowest BCUT2D eigenvalue weighted by molar-refractivity contribution is 0.472. The van der Waals surface area contributed by atoms with E-state index in [0.29, 0.717) is 0 Å². The second kappa shape index (κ2) is 4.06. The molecule has 1 N–H and O–H groups in total. The number of nitrogens with one attached hydrogen (secondary N) is 1. The van der Waals surface area contributed by atoms with Gasteiger partial charge in [-0.25, -0.2) is 4.99 Å². The Morgan fingerprint density at radius 2 is 2.00 bits per heavy atom. The predicted molar refractivity (Wildman–Crippen MR) is 73.5 cm³/mol. The summed E-state index contributed by atoms with van der Waals surface area (Å²) in [7, 11) is 2.07. The van der Waals surface area contributed by atoms with Gasteiger partial charge in [0.05, 0.1) is 5.54 Å². The van der Waals surface area contributed by atoms with Crippen LogP contribution in [0.5, 0.6) is 0 Å². The quantitative estimate of drug-likeness (QED) is 0.743. The first kappa shape index (κ1) is 12.0. The van der Waals surface area contributed by atoms with Crippen LogP contribution in [0.15, 0.2) is 23.2 Å². The summed E-state index contributed by atoms with van der Waals surface area (Å²) in [6, 6.07) is 6.40. The van der Waals surface area contributed by atoms with Crippen LogP contribution in [0.25, 0.3) is 0 Å². The van der Waals surface area contributed by atoms with Crippen molar-refractivity contribution in [2.75, 3.05) is 12.4 Å². The van der Waals surface area contributed by atoms with Gasteiger partial charge < -0.3 is 10.2 Å². The summed E-state index contributed by atoms with van der Waals surface area (Å²) in [5.74, 6) is 0.958. The highest BCUT2D eigenvalue weighted by Crippen LogP contribution is 2.26. The molecule has 0 atom stereocenters. The normalized spacial score (nSPS) is 17.9. The van der Waals surface area contributed by atoms with E-state index in [-0.39, 0.29) is 5.54 Å². The highest BCUT2D eigenvalue weighted by molar-refractivity contribution is 5.97. The molecule has 0 amide bonds. The first-order valence-electron chi connectivity index (χ1n) is 6.03. The summed E-state index contributed by atoms with van der Waals surface area (Å²) in [6.45, 7) is 9.39. The van der Waals surface area contributed by atoms with Crippen LogP contribution in [0.3, 0.4) is 0 Å². The van der Waals surface area contributed by atoms with E-state index in [0.717, 1.165) is 12.5 Å². The molecule has 3 nitrogen and oxygen atoms in total. The van der Waals surface area contributed by atoms with Crippen LogP contribution in [-0.2, 0) is 6.54 Å². The fraction of sp³-hybridized carbons (Fsp3) is 0.500. The summed E-state index contributed by atoms with van der Waals surface area (Å²) in [5, 5.41) is 3.45. The van der Waals surface area contributed by atoms with Crippen LogP contribution < -0.4 is 5.32 Å². The van der Waals surface area contributed by atoms with Crippen LogP contribution in [0.2, 0.25) is 0 Å². The number of hydrogen-bond acceptors (Lipinski definition) is 1. The highest BCUT2D eigenvalue weighted by Gasteiger charge is 2.21. The van der Waals surface area contributed by atoms with Crippen molar-refractivity contribution in [3.05, 3.63) is 29.3 Å². The first-order chi connectivity index (χ1) is 7.87. The molecule has 0 saturated carbocycles. The summed E-state index contributed by atoms with van der Waals surface area (Å²) in [6.07, 6.45) is 0. The molecule has 0 aromatic heterocycles. The van der Waals surface area contributed by atoms with E-state index in [1.165, 1.54) is 16.8 Å². The van der Waals surface area contributed by atoms with Gasteiger partial charge in [-0.2, -0.15) is 0 Å². The Labute approximate surface area is 104 Å². The molecule has 2 rings (SSSR count). The van der Waals surface area contributed by atoms with Gasteiger partial charge in [0.2, 0.25) is 0 Å². The Kier molecular flexibility index (Phi) is 2.86. The van der Waals surface area contributed by atoms with Gasteiger partial charge in [-0.05, 0) is 38.8 Å². The molecule has 3 heteroatoms. The maximum Gasteiger partial charge on any atom is 0.199 e. The number of aryl methyl sites for hydroxylation is 1. The van der Waals surface area contributed by atoms with E-state index < -0.39 is 0 Å². The minimum atomic E-state index is -0.0587. The van der Waals surface area contributed by atoms with E-state index in [1.54, 1.807) is 0 Å². The largest absolute Gasteiger partial charge is 0.341 e. The van der Waals surface area contributed by atoms with Crippen molar-refractivity contribution in [3.63, 3.8) is 0 Å². The molecule has 0 saturated heterocycles. The predicted octanol–water partition coefficient (Wildman–Crippen LogP) is 3.01. The molecular formula is C14H21N3. The van der Waals surface area contributed by atoms with Crippen molar-refractivity contribution in [2.24, 2.45) is 4.99 Å². The van der Waals surface area contributed by atoms with Crippen molar-refractivity contribution < 1.29 is 0 Å². The third-order valence-electron chi connectivity index (χ3n) is 2.81. The van der Waals surface area contributed by atoms with Gasteiger partial charge in [-0.3, -0.25) is 0 Å². The molecule has 0 fully saturated rings. The van der Waals surface area contributed by atoms with E-state index in [2.05, 4.69) is 63.2 Å². The van der Waals surface area contributed by atoms with Crippen molar-refractivity contribution in [1.29, 1.82) is 0 Å². The highest BCUT2D eigenvalue weighted by atomic mass is 15.3. The lowest BCUT2D eigenvalue weighted by Crippen LogP contribution is -2.39. The van der Waals surface area contributed by atoms with Gasteiger partial charge in [0, 0.05) is 19.3 Å². The van der Waals surface area contributed by atoms with Gasteiger partial charge in [0.15, 0.2) is 5.96 Å². The van der Waals surface area contributed by atoms with E-state index in [9.17, 15) is 0 Å². The molecule has 0 aliphatic carbocycles. The number of para-hydroxylation sites is 1. The van der Waals surface area contributed by atoms with Crippen molar-refractivity contribution in [1.82, 2.24) is 4.90 Å². The topological polar surface area (TPSA) is 27.6 Å². The second-order valence-electron chi connectivity index (χ2n) is 5.70. The van der Waals surface area contributed by atoms with Crippen LogP contribution >= 0.6 is 0 Å². The average Bonchev–Trinajstić information content (AvgIpc) is 2.18. The second-order valence-corrected chi connectivity index (χ2v) is 5.70. The zero-order valence-electron chi connectivity index (χ0n) is 11.3. The van der Waals surface area contributed by atoms with E-state index >= 15 is 0 Å². The number of guanidine groups is 1. The van der Waals surface area contributed by atoms with Crippen LogP contribution in [0.1, 0.15) is 31.9 Å². The molecule has 1 aromatic carbocycles. The number of anilines is 1. The average molecular weight is 231 g/mol.